The van der Waals surface area contributed by atoms with Crippen LogP contribution in [-0.2, 0) is 17.9 Å². The third-order valence-corrected chi connectivity index (χ3v) is 2.86. The van der Waals surface area contributed by atoms with Crippen molar-refractivity contribution in [3.63, 3.8) is 0 Å². The lowest BCUT2D eigenvalue weighted by atomic mass is 10.1. The summed E-state index contributed by atoms with van der Waals surface area (Å²) in [5.74, 6) is -0.919. The molecule has 0 radical (unpaired) electrons. The van der Waals surface area contributed by atoms with Gasteiger partial charge in [0.05, 0.1) is 18.5 Å². The van der Waals surface area contributed by atoms with Crippen molar-refractivity contribution in [3.05, 3.63) is 35.5 Å². The Morgan fingerprint density at radius 1 is 1.48 bits per heavy atom. The second-order valence-electron chi connectivity index (χ2n) is 4.80. The number of carbonyl (C=O) groups excluding carboxylic acids is 1. The lowest BCUT2D eigenvalue weighted by Gasteiger charge is -2.09. The molecule has 2 aromatic heterocycles. The van der Waals surface area contributed by atoms with Crippen molar-refractivity contribution >= 4 is 11.9 Å². The fourth-order valence-corrected chi connectivity index (χ4v) is 1.95. The predicted octanol–water partition coefficient (Wildman–Crippen LogP) is 1.01. The average Bonchev–Trinajstić information content (AvgIpc) is 3.04. The quantitative estimate of drug-likeness (QED) is 0.822. The molecule has 0 aliphatic carbocycles. The highest BCUT2D eigenvalue weighted by atomic mass is 16.4. The number of carboxylic acids is 1. The van der Waals surface area contributed by atoms with Crippen LogP contribution in [0.4, 0.5) is 0 Å². The van der Waals surface area contributed by atoms with Gasteiger partial charge in [0.15, 0.2) is 5.69 Å². The zero-order chi connectivity index (χ0) is 15.4. The van der Waals surface area contributed by atoms with Gasteiger partial charge in [0.25, 0.3) is 0 Å². The molecule has 1 amide bonds. The van der Waals surface area contributed by atoms with Crippen LogP contribution >= 0.6 is 0 Å². The Hall–Kier alpha value is -2.64. The van der Waals surface area contributed by atoms with Gasteiger partial charge >= 0.3 is 5.97 Å². The number of carboxylic acid groups (broad SMARTS) is 1. The Labute approximate surface area is 120 Å². The maximum atomic E-state index is 11.9. The molecule has 0 saturated heterocycles. The van der Waals surface area contributed by atoms with Gasteiger partial charge in [0.2, 0.25) is 5.91 Å². The van der Waals surface area contributed by atoms with E-state index in [0.29, 0.717) is 11.5 Å². The molecule has 112 valence electrons. The summed E-state index contributed by atoms with van der Waals surface area (Å²) in [6.07, 6.45) is 1.52. The number of hydrogen-bond donors (Lipinski definition) is 2. The van der Waals surface area contributed by atoms with E-state index in [1.165, 1.54) is 10.9 Å². The zero-order valence-corrected chi connectivity index (χ0v) is 11.7. The van der Waals surface area contributed by atoms with Gasteiger partial charge in [-0.15, -0.1) is 5.10 Å². The molecule has 2 heterocycles. The van der Waals surface area contributed by atoms with E-state index in [4.69, 9.17) is 9.52 Å². The second kappa shape index (κ2) is 6.21. The Kier molecular flexibility index (Phi) is 4.36. The molecule has 0 spiro atoms. The predicted molar refractivity (Wildman–Crippen MR) is 71.6 cm³/mol. The topological polar surface area (TPSA) is 110 Å². The molecular weight excluding hydrogens is 276 g/mol. The van der Waals surface area contributed by atoms with Crippen LogP contribution in [0, 0.1) is 0 Å². The molecule has 8 nitrogen and oxygen atoms in total. The van der Waals surface area contributed by atoms with Crippen molar-refractivity contribution in [2.45, 2.75) is 32.9 Å². The molecule has 0 aromatic carbocycles. The van der Waals surface area contributed by atoms with Gasteiger partial charge in [-0.05, 0) is 18.1 Å². The summed E-state index contributed by atoms with van der Waals surface area (Å²) in [6, 6.07) is 3.48. The van der Waals surface area contributed by atoms with Gasteiger partial charge in [-0.25, -0.2) is 9.48 Å². The molecule has 2 aromatic rings. The number of carbonyl (C=O) groups is 2. The van der Waals surface area contributed by atoms with Gasteiger partial charge in [-0.3, -0.25) is 4.79 Å². The molecule has 0 fully saturated rings. The molecule has 0 unspecified atom stereocenters. The maximum Gasteiger partial charge on any atom is 0.358 e. The minimum atomic E-state index is -1.15. The number of amides is 1. The van der Waals surface area contributed by atoms with Crippen molar-refractivity contribution in [1.82, 2.24) is 20.3 Å². The normalized spacial score (nSPS) is 10.8. The van der Waals surface area contributed by atoms with E-state index in [-0.39, 0.29) is 30.6 Å². The SMILES string of the molecule is CC(C)c1c(C(=O)O)nnn1CC(=O)NCc1ccco1. The van der Waals surface area contributed by atoms with E-state index in [2.05, 4.69) is 15.6 Å². The highest BCUT2D eigenvalue weighted by molar-refractivity contribution is 5.86. The molecule has 21 heavy (non-hydrogen) atoms. The average molecular weight is 292 g/mol. The summed E-state index contributed by atoms with van der Waals surface area (Å²) in [6.45, 7) is 3.82. The first-order valence-electron chi connectivity index (χ1n) is 6.44. The fraction of sp³-hybridized carbons (Fsp3) is 0.385. The summed E-state index contributed by atoms with van der Waals surface area (Å²) in [4.78, 5) is 23.0. The highest BCUT2D eigenvalue weighted by Gasteiger charge is 2.22. The first-order valence-corrected chi connectivity index (χ1v) is 6.44. The number of aromatic nitrogens is 3. The first-order chi connectivity index (χ1) is 9.99. The molecule has 0 bridgehead atoms. The number of furan rings is 1. The van der Waals surface area contributed by atoms with Gasteiger partial charge in [0.1, 0.15) is 12.3 Å². The lowest BCUT2D eigenvalue weighted by Crippen LogP contribution is -2.28. The smallest absolute Gasteiger partial charge is 0.358 e. The van der Waals surface area contributed by atoms with Crippen molar-refractivity contribution in [3.8, 4) is 0 Å². The summed E-state index contributed by atoms with van der Waals surface area (Å²) in [7, 11) is 0. The fourth-order valence-electron chi connectivity index (χ4n) is 1.95. The van der Waals surface area contributed by atoms with E-state index < -0.39 is 5.97 Å². The Balaban J connectivity index is 2.05. The summed E-state index contributed by atoms with van der Waals surface area (Å²) < 4.78 is 6.42. The molecule has 0 saturated carbocycles. The number of nitrogens with one attached hydrogen (secondary N) is 1. The molecule has 0 aliphatic heterocycles. The number of nitrogens with zero attached hydrogens (tertiary/aromatic N) is 3. The number of hydrogen-bond acceptors (Lipinski definition) is 5. The first kappa shape index (κ1) is 14.8. The van der Waals surface area contributed by atoms with Crippen LogP contribution in [0.2, 0.25) is 0 Å². The highest BCUT2D eigenvalue weighted by Crippen LogP contribution is 2.17. The van der Waals surface area contributed by atoms with Crippen LogP contribution in [0.5, 0.6) is 0 Å². The third-order valence-electron chi connectivity index (χ3n) is 2.86. The minimum absolute atomic E-state index is 0.0888. The van der Waals surface area contributed by atoms with E-state index in [9.17, 15) is 9.59 Å². The Morgan fingerprint density at radius 3 is 2.81 bits per heavy atom. The lowest BCUT2D eigenvalue weighted by molar-refractivity contribution is -0.122. The third kappa shape index (κ3) is 3.47. The Morgan fingerprint density at radius 2 is 2.24 bits per heavy atom. The second-order valence-corrected chi connectivity index (χ2v) is 4.80. The summed E-state index contributed by atoms with van der Waals surface area (Å²) in [5, 5.41) is 19.1. The summed E-state index contributed by atoms with van der Waals surface area (Å²) >= 11 is 0. The minimum Gasteiger partial charge on any atom is -0.476 e. The molecule has 0 aliphatic rings. The zero-order valence-electron chi connectivity index (χ0n) is 11.7. The van der Waals surface area contributed by atoms with Crippen LogP contribution in [0.15, 0.2) is 22.8 Å². The van der Waals surface area contributed by atoms with E-state index in [1.54, 1.807) is 12.1 Å². The van der Waals surface area contributed by atoms with Crippen LogP contribution in [0.1, 0.15) is 41.7 Å². The van der Waals surface area contributed by atoms with Crippen LogP contribution in [0.3, 0.4) is 0 Å². The van der Waals surface area contributed by atoms with Gasteiger partial charge < -0.3 is 14.8 Å². The van der Waals surface area contributed by atoms with Crippen molar-refractivity contribution in [2.75, 3.05) is 0 Å². The Bertz CT molecular complexity index is 631. The molecule has 2 N–H and O–H groups in total. The van der Waals surface area contributed by atoms with E-state index in [1.807, 2.05) is 13.8 Å². The van der Waals surface area contributed by atoms with Crippen molar-refractivity contribution < 1.29 is 19.1 Å². The summed E-state index contributed by atoms with van der Waals surface area (Å²) in [5.41, 5.74) is 0.305. The number of rotatable bonds is 6. The largest absolute Gasteiger partial charge is 0.476 e. The maximum absolute atomic E-state index is 11.9. The van der Waals surface area contributed by atoms with Crippen molar-refractivity contribution in [1.29, 1.82) is 0 Å². The monoisotopic (exact) mass is 292 g/mol. The van der Waals surface area contributed by atoms with Gasteiger partial charge in [0, 0.05) is 0 Å². The van der Waals surface area contributed by atoms with E-state index >= 15 is 0 Å². The molecule has 2 rings (SSSR count). The molecular formula is C13H16N4O4. The molecule has 8 heteroatoms. The van der Waals surface area contributed by atoms with Crippen LogP contribution in [0.25, 0.3) is 0 Å². The number of aromatic carboxylic acids is 1. The standard InChI is InChI=1S/C13H16N4O4/c1-8(2)12-11(13(19)20)15-16-17(12)7-10(18)14-6-9-4-3-5-21-9/h3-5,8H,6-7H2,1-2H3,(H,14,18)(H,19,20). The molecule has 0 atom stereocenters. The van der Waals surface area contributed by atoms with Gasteiger partial charge in [-0.1, -0.05) is 19.1 Å². The van der Waals surface area contributed by atoms with Gasteiger partial charge in [-0.2, -0.15) is 0 Å². The van der Waals surface area contributed by atoms with Crippen LogP contribution in [-0.4, -0.2) is 32.0 Å². The van der Waals surface area contributed by atoms with Crippen molar-refractivity contribution in [2.24, 2.45) is 0 Å². The van der Waals surface area contributed by atoms with E-state index in [0.717, 1.165) is 0 Å². The van der Waals surface area contributed by atoms with Crippen LogP contribution < -0.4 is 5.32 Å².